The van der Waals surface area contributed by atoms with Gasteiger partial charge in [-0.15, -0.1) is 0 Å². The molecule has 2 heterocycles. The van der Waals surface area contributed by atoms with Crippen molar-refractivity contribution in [2.45, 2.75) is 52.6 Å². The second-order valence-corrected chi connectivity index (χ2v) is 8.02. The fourth-order valence-corrected chi connectivity index (χ4v) is 4.33. The Morgan fingerprint density at radius 2 is 2.11 bits per heavy atom. The van der Waals surface area contributed by atoms with Gasteiger partial charge >= 0.3 is 0 Å². The van der Waals surface area contributed by atoms with E-state index in [1.165, 1.54) is 6.42 Å². The van der Waals surface area contributed by atoms with Crippen molar-refractivity contribution in [3.8, 4) is 0 Å². The molecule has 1 aliphatic carbocycles. The van der Waals surface area contributed by atoms with Crippen molar-refractivity contribution in [2.75, 3.05) is 18.0 Å². The van der Waals surface area contributed by atoms with Gasteiger partial charge in [0, 0.05) is 13.1 Å². The molecule has 1 aliphatic heterocycles. The van der Waals surface area contributed by atoms with Crippen LogP contribution in [-0.4, -0.2) is 23.2 Å². The molecular weight excluding hydrogens is 256 g/mol. The van der Waals surface area contributed by atoms with Crippen LogP contribution < -0.4 is 4.90 Å². The fraction of sp³-hybridized carbons (Fsp3) is 0.800. The summed E-state index contributed by atoms with van der Waals surface area (Å²) >= 11 is 1.72. The molecule has 1 saturated heterocycles. The average Bonchev–Trinajstić information content (AvgIpc) is 2.94. The van der Waals surface area contributed by atoms with Crippen LogP contribution in [0.25, 0.3) is 0 Å². The van der Waals surface area contributed by atoms with E-state index >= 15 is 0 Å². The number of aliphatic hydroxyl groups excluding tert-OH is 1. The Morgan fingerprint density at radius 1 is 1.32 bits per heavy atom. The van der Waals surface area contributed by atoms with Crippen molar-refractivity contribution < 1.29 is 5.11 Å². The zero-order valence-electron chi connectivity index (χ0n) is 12.1. The topological polar surface area (TPSA) is 36.4 Å². The molecule has 0 saturated carbocycles. The van der Waals surface area contributed by atoms with Crippen LogP contribution in [0.5, 0.6) is 0 Å². The molecule has 1 aromatic rings. The molecule has 1 fully saturated rings. The maximum Gasteiger partial charge on any atom is 0.185 e. The number of aryl methyl sites for hydroxylation is 1. The first-order valence-corrected chi connectivity index (χ1v) is 8.19. The number of fused-ring (bicyclic) bond motifs is 1. The molecule has 0 radical (unpaired) electrons. The first kappa shape index (κ1) is 13.4. The van der Waals surface area contributed by atoms with Crippen LogP contribution in [0.15, 0.2) is 0 Å². The van der Waals surface area contributed by atoms with E-state index in [1.54, 1.807) is 11.3 Å². The predicted molar refractivity (Wildman–Crippen MR) is 79.8 cm³/mol. The van der Waals surface area contributed by atoms with Gasteiger partial charge in [0.1, 0.15) is 0 Å². The van der Waals surface area contributed by atoms with Crippen LogP contribution in [0.1, 0.15) is 56.7 Å². The van der Waals surface area contributed by atoms with Gasteiger partial charge in [0.2, 0.25) is 0 Å². The van der Waals surface area contributed by atoms with Crippen LogP contribution in [-0.2, 0) is 6.42 Å². The summed E-state index contributed by atoms with van der Waals surface area (Å²) in [5.74, 6) is 0.748. The molecule has 4 heteroatoms. The SMILES string of the molecule is CC(C)(C)C1CCN(c2nc3c(s2)C(O)CCC3)C1. The minimum atomic E-state index is -0.268. The summed E-state index contributed by atoms with van der Waals surface area (Å²) in [6, 6.07) is 0. The summed E-state index contributed by atoms with van der Waals surface area (Å²) < 4.78 is 0. The fourth-order valence-electron chi connectivity index (χ4n) is 3.16. The summed E-state index contributed by atoms with van der Waals surface area (Å²) in [4.78, 5) is 8.33. The summed E-state index contributed by atoms with van der Waals surface area (Å²) in [6.45, 7) is 9.23. The molecule has 3 rings (SSSR count). The smallest absolute Gasteiger partial charge is 0.185 e. The van der Waals surface area contributed by atoms with E-state index in [9.17, 15) is 5.11 Å². The monoisotopic (exact) mass is 280 g/mol. The molecule has 0 amide bonds. The highest BCUT2D eigenvalue weighted by atomic mass is 32.1. The summed E-state index contributed by atoms with van der Waals surface area (Å²) in [5, 5.41) is 11.2. The highest BCUT2D eigenvalue weighted by molar-refractivity contribution is 7.15. The van der Waals surface area contributed by atoms with Crippen LogP contribution in [0.3, 0.4) is 0 Å². The molecule has 0 bridgehead atoms. The first-order valence-electron chi connectivity index (χ1n) is 7.38. The van der Waals surface area contributed by atoms with Crippen molar-refractivity contribution in [1.29, 1.82) is 0 Å². The van der Waals surface area contributed by atoms with Gasteiger partial charge in [-0.25, -0.2) is 4.98 Å². The van der Waals surface area contributed by atoms with Crippen LogP contribution in [0.4, 0.5) is 5.13 Å². The van der Waals surface area contributed by atoms with E-state index < -0.39 is 0 Å². The molecule has 0 spiro atoms. The summed E-state index contributed by atoms with van der Waals surface area (Å²) in [6.07, 6.45) is 4.01. The predicted octanol–water partition coefficient (Wildman–Crippen LogP) is 3.39. The van der Waals surface area contributed by atoms with Gasteiger partial charge in [-0.1, -0.05) is 32.1 Å². The minimum absolute atomic E-state index is 0.268. The maximum atomic E-state index is 10.1. The van der Waals surface area contributed by atoms with Crippen molar-refractivity contribution in [1.82, 2.24) is 4.98 Å². The highest BCUT2D eigenvalue weighted by Crippen LogP contribution is 2.41. The van der Waals surface area contributed by atoms with E-state index in [-0.39, 0.29) is 6.10 Å². The van der Waals surface area contributed by atoms with Crippen LogP contribution in [0.2, 0.25) is 0 Å². The summed E-state index contributed by atoms with van der Waals surface area (Å²) in [7, 11) is 0. The van der Waals surface area contributed by atoms with Gasteiger partial charge < -0.3 is 10.0 Å². The third-order valence-electron chi connectivity index (χ3n) is 4.59. The number of hydrogen-bond acceptors (Lipinski definition) is 4. The molecule has 1 N–H and O–H groups in total. The van der Waals surface area contributed by atoms with Gasteiger partial charge in [-0.3, -0.25) is 0 Å². The summed E-state index contributed by atoms with van der Waals surface area (Å²) in [5.41, 5.74) is 1.53. The molecule has 2 atom stereocenters. The largest absolute Gasteiger partial charge is 0.388 e. The standard InChI is InChI=1S/C15H24N2OS/c1-15(2,3)10-7-8-17(9-10)14-16-11-5-4-6-12(18)13(11)19-14/h10,12,18H,4-9H2,1-3H3. The van der Waals surface area contributed by atoms with Crippen molar-refractivity contribution in [2.24, 2.45) is 11.3 Å². The van der Waals surface area contributed by atoms with Crippen LogP contribution in [0, 0.1) is 11.3 Å². The number of aliphatic hydroxyl groups is 1. The number of rotatable bonds is 1. The lowest BCUT2D eigenvalue weighted by molar-refractivity contribution is 0.160. The van der Waals surface area contributed by atoms with Gasteiger partial charge in [-0.2, -0.15) is 0 Å². The zero-order chi connectivity index (χ0) is 13.6. The number of nitrogens with zero attached hydrogens (tertiary/aromatic N) is 2. The Labute approximate surface area is 119 Å². The quantitative estimate of drug-likeness (QED) is 0.856. The number of thiazole rings is 1. The lowest BCUT2D eigenvalue weighted by Gasteiger charge is -2.26. The normalized spacial score (nSPS) is 27.7. The molecule has 2 unspecified atom stereocenters. The Kier molecular flexibility index (Phi) is 3.34. The molecule has 106 valence electrons. The van der Waals surface area contributed by atoms with E-state index in [0.29, 0.717) is 5.41 Å². The molecule has 2 aliphatic rings. The average molecular weight is 280 g/mol. The first-order chi connectivity index (χ1) is 8.95. The molecule has 19 heavy (non-hydrogen) atoms. The van der Waals surface area contributed by atoms with Crippen molar-refractivity contribution in [3.05, 3.63) is 10.6 Å². The lowest BCUT2D eigenvalue weighted by Crippen LogP contribution is -2.25. The molecule has 3 nitrogen and oxygen atoms in total. The number of aromatic nitrogens is 1. The van der Waals surface area contributed by atoms with E-state index in [1.807, 2.05) is 0 Å². The lowest BCUT2D eigenvalue weighted by atomic mass is 9.80. The van der Waals surface area contributed by atoms with E-state index in [4.69, 9.17) is 4.98 Å². The second kappa shape index (κ2) is 4.74. The molecular formula is C15H24N2OS. The number of anilines is 1. The zero-order valence-corrected chi connectivity index (χ0v) is 13.0. The molecule has 0 aromatic carbocycles. The Bertz CT molecular complexity index is 463. The third kappa shape index (κ3) is 2.52. The van der Waals surface area contributed by atoms with Gasteiger partial charge in [-0.05, 0) is 37.0 Å². The Balaban J connectivity index is 1.78. The Morgan fingerprint density at radius 3 is 2.74 bits per heavy atom. The number of hydrogen-bond donors (Lipinski definition) is 1. The second-order valence-electron chi connectivity index (χ2n) is 7.01. The van der Waals surface area contributed by atoms with E-state index in [0.717, 1.165) is 54.0 Å². The highest BCUT2D eigenvalue weighted by Gasteiger charge is 2.34. The van der Waals surface area contributed by atoms with Gasteiger partial charge in [0.15, 0.2) is 5.13 Å². The maximum absolute atomic E-state index is 10.1. The van der Waals surface area contributed by atoms with E-state index in [2.05, 4.69) is 25.7 Å². The Hall–Kier alpha value is -0.610. The van der Waals surface area contributed by atoms with Crippen molar-refractivity contribution >= 4 is 16.5 Å². The van der Waals surface area contributed by atoms with Gasteiger partial charge in [0.05, 0.1) is 16.7 Å². The third-order valence-corrected chi connectivity index (χ3v) is 5.85. The van der Waals surface area contributed by atoms with Crippen molar-refractivity contribution in [3.63, 3.8) is 0 Å². The van der Waals surface area contributed by atoms with Gasteiger partial charge in [0.25, 0.3) is 0 Å². The van der Waals surface area contributed by atoms with Crippen LogP contribution >= 0.6 is 11.3 Å². The molecule has 1 aromatic heterocycles. The minimum Gasteiger partial charge on any atom is -0.388 e.